The fraction of sp³-hybridized carbons (Fsp3) is 0.286. The zero-order chi connectivity index (χ0) is 14.4. The van der Waals surface area contributed by atoms with Crippen molar-refractivity contribution in [2.75, 3.05) is 0 Å². The van der Waals surface area contributed by atoms with Crippen molar-refractivity contribution in [1.82, 2.24) is 9.55 Å². The Bertz CT molecular complexity index is 643. The molecule has 0 aliphatic carbocycles. The number of isocyanates is 1. The predicted molar refractivity (Wildman–Crippen MR) is 76.9 cm³/mol. The van der Waals surface area contributed by atoms with E-state index < -0.39 is 10.8 Å². The van der Waals surface area contributed by atoms with E-state index in [1.165, 1.54) is 6.08 Å². The van der Waals surface area contributed by atoms with Gasteiger partial charge in [-0.2, -0.15) is 4.99 Å². The Hall–Kier alpha value is -2.04. The summed E-state index contributed by atoms with van der Waals surface area (Å²) in [5, 5.41) is 0. The third-order valence-corrected chi connectivity index (χ3v) is 4.17. The molecule has 1 heterocycles. The van der Waals surface area contributed by atoms with Crippen LogP contribution in [0.3, 0.4) is 0 Å². The molecular weight excluding hydrogens is 274 g/mol. The molecule has 6 heteroatoms. The minimum atomic E-state index is -1.14. The zero-order valence-corrected chi connectivity index (χ0v) is 12.0. The van der Waals surface area contributed by atoms with E-state index in [0.717, 1.165) is 18.7 Å². The lowest BCUT2D eigenvalue weighted by atomic mass is 10.3. The molecule has 0 aliphatic rings. The summed E-state index contributed by atoms with van der Waals surface area (Å²) in [4.78, 5) is 18.4. The topological polar surface area (TPSA) is 64.3 Å². The van der Waals surface area contributed by atoms with Crippen LogP contribution in [0, 0.1) is 0 Å². The highest BCUT2D eigenvalue weighted by Gasteiger charge is 2.09. The van der Waals surface area contributed by atoms with Gasteiger partial charge in [0.25, 0.3) is 0 Å². The van der Waals surface area contributed by atoms with Crippen LogP contribution >= 0.6 is 0 Å². The van der Waals surface area contributed by atoms with Gasteiger partial charge in [-0.1, -0.05) is 6.92 Å². The molecule has 2 rings (SSSR count). The Morgan fingerprint density at radius 2 is 2.10 bits per heavy atom. The molecule has 0 radical (unpaired) electrons. The van der Waals surface area contributed by atoms with E-state index in [0.29, 0.717) is 16.3 Å². The lowest BCUT2D eigenvalue weighted by molar-refractivity contribution is 0.565. The lowest BCUT2D eigenvalue weighted by Gasteiger charge is -2.06. The quantitative estimate of drug-likeness (QED) is 0.606. The number of aryl methyl sites for hydroxylation is 1. The lowest BCUT2D eigenvalue weighted by Crippen LogP contribution is -2.04. The van der Waals surface area contributed by atoms with Gasteiger partial charge in [0.2, 0.25) is 6.08 Å². The van der Waals surface area contributed by atoms with Gasteiger partial charge in [-0.05, 0) is 30.7 Å². The standard InChI is InChI=1S/C14H15N3O2S/c1-2-7-17-10-15-8-13(17)9-20(19)14-5-3-12(4-6-14)16-11-18/h3-6,8,10H,2,7,9H2,1H3. The molecule has 0 amide bonds. The maximum Gasteiger partial charge on any atom is 0.240 e. The summed E-state index contributed by atoms with van der Waals surface area (Å²) >= 11 is 0. The fourth-order valence-corrected chi connectivity index (χ4v) is 2.97. The predicted octanol–water partition coefficient (Wildman–Crippen LogP) is 2.57. The van der Waals surface area contributed by atoms with Crippen LogP contribution in [0.15, 0.2) is 46.7 Å². The number of aromatic nitrogens is 2. The van der Waals surface area contributed by atoms with Crippen molar-refractivity contribution in [2.24, 2.45) is 4.99 Å². The largest absolute Gasteiger partial charge is 0.334 e. The highest BCUT2D eigenvalue weighted by atomic mass is 32.2. The van der Waals surface area contributed by atoms with Crippen LogP contribution in [0.25, 0.3) is 0 Å². The molecule has 1 aromatic carbocycles. The fourth-order valence-electron chi connectivity index (χ4n) is 1.85. The van der Waals surface area contributed by atoms with E-state index in [2.05, 4.69) is 16.9 Å². The van der Waals surface area contributed by atoms with Gasteiger partial charge in [0.05, 0.1) is 34.3 Å². The smallest absolute Gasteiger partial charge is 0.240 e. The summed E-state index contributed by atoms with van der Waals surface area (Å²) in [6, 6.07) is 6.74. The van der Waals surface area contributed by atoms with Gasteiger partial charge in [-0.15, -0.1) is 0 Å². The van der Waals surface area contributed by atoms with E-state index in [4.69, 9.17) is 0 Å². The van der Waals surface area contributed by atoms with Gasteiger partial charge in [0.1, 0.15) is 0 Å². The van der Waals surface area contributed by atoms with E-state index in [9.17, 15) is 9.00 Å². The summed E-state index contributed by atoms with van der Waals surface area (Å²) in [7, 11) is -1.14. The number of rotatable bonds is 6. The molecule has 0 bridgehead atoms. The van der Waals surface area contributed by atoms with Crippen LogP contribution in [0.2, 0.25) is 0 Å². The molecule has 1 atom stereocenters. The number of carbonyl (C=O) groups excluding carboxylic acids is 1. The number of hydrogen-bond acceptors (Lipinski definition) is 4. The molecule has 0 spiro atoms. The number of hydrogen-bond donors (Lipinski definition) is 0. The molecule has 1 aromatic heterocycles. The molecule has 2 aromatic rings. The van der Waals surface area contributed by atoms with Gasteiger partial charge in [0, 0.05) is 17.6 Å². The highest BCUT2D eigenvalue weighted by molar-refractivity contribution is 7.84. The first kappa shape index (κ1) is 14.4. The molecule has 0 saturated heterocycles. The molecule has 104 valence electrons. The number of aliphatic imine (C=N–C) groups is 1. The van der Waals surface area contributed by atoms with Crippen molar-refractivity contribution >= 4 is 22.6 Å². The Morgan fingerprint density at radius 1 is 1.35 bits per heavy atom. The molecule has 0 aliphatic heterocycles. The number of nitrogens with zero attached hydrogens (tertiary/aromatic N) is 3. The first-order chi connectivity index (χ1) is 9.74. The van der Waals surface area contributed by atoms with Crippen LogP contribution in [0.4, 0.5) is 5.69 Å². The van der Waals surface area contributed by atoms with E-state index in [1.807, 2.05) is 4.57 Å². The molecular formula is C14H15N3O2S. The Kier molecular flexibility index (Phi) is 4.98. The van der Waals surface area contributed by atoms with Crippen molar-refractivity contribution in [1.29, 1.82) is 0 Å². The van der Waals surface area contributed by atoms with Crippen molar-refractivity contribution in [2.45, 2.75) is 30.5 Å². The molecule has 1 unspecified atom stereocenters. The maximum absolute atomic E-state index is 12.3. The Morgan fingerprint density at radius 3 is 2.75 bits per heavy atom. The van der Waals surface area contributed by atoms with E-state index >= 15 is 0 Å². The van der Waals surface area contributed by atoms with Crippen LogP contribution < -0.4 is 0 Å². The normalized spacial score (nSPS) is 11.8. The number of benzene rings is 1. The van der Waals surface area contributed by atoms with Crippen molar-refractivity contribution in [3.63, 3.8) is 0 Å². The molecule has 5 nitrogen and oxygen atoms in total. The molecule has 0 fully saturated rings. The van der Waals surface area contributed by atoms with Gasteiger partial charge < -0.3 is 4.57 Å². The summed E-state index contributed by atoms with van der Waals surface area (Å²) < 4.78 is 14.3. The first-order valence-electron chi connectivity index (χ1n) is 6.30. The second kappa shape index (κ2) is 6.93. The van der Waals surface area contributed by atoms with Gasteiger partial charge >= 0.3 is 0 Å². The average Bonchev–Trinajstić information content (AvgIpc) is 2.88. The second-order valence-electron chi connectivity index (χ2n) is 4.27. The Labute approximate surface area is 119 Å². The minimum absolute atomic E-state index is 0.427. The van der Waals surface area contributed by atoms with E-state index in [-0.39, 0.29) is 0 Å². The highest BCUT2D eigenvalue weighted by Crippen LogP contribution is 2.17. The molecule has 0 saturated carbocycles. The minimum Gasteiger partial charge on any atom is -0.334 e. The molecule has 0 N–H and O–H groups in total. The van der Waals surface area contributed by atoms with Crippen LogP contribution in [0.1, 0.15) is 19.0 Å². The van der Waals surface area contributed by atoms with Gasteiger partial charge in [-0.25, -0.2) is 9.78 Å². The van der Waals surface area contributed by atoms with Crippen molar-refractivity contribution < 1.29 is 9.00 Å². The van der Waals surface area contributed by atoms with Crippen LogP contribution in [0.5, 0.6) is 0 Å². The summed E-state index contributed by atoms with van der Waals surface area (Å²) in [6.07, 6.45) is 6.00. The van der Waals surface area contributed by atoms with Crippen LogP contribution in [-0.4, -0.2) is 19.8 Å². The van der Waals surface area contributed by atoms with Crippen molar-refractivity contribution in [3.8, 4) is 0 Å². The monoisotopic (exact) mass is 289 g/mol. The average molecular weight is 289 g/mol. The van der Waals surface area contributed by atoms with Gasteiger partial charge in [-0.3, -0.25) is 4.21 Å². The maximum atomic E-state index is 12.3. The molecule has 20 heavy (non-hydrogen) atoms. The summed E-state index contributed by atoms with van der Waals surface area (Å²) in [5.74, 6) is 0.427. The Balaban J connectivity index is 2.11. The summed E-state index contributed by atoms with van der Waals surface area (Å²) in [5.41, 5.74) is 1.47. The number of imidazole rings is 1. The first-order valence-corrected chi connectivity index (χ1v) is 7.61. The van der Waals surface area contributed by atoms with E-state index in [1.54, 1.807) is 36.8 Å². The van der Waals surface area contributed by atoms with Crippen LogP contribution in [-0.2, 0) is 27.9 Å². The SMILES string of the molecule is CCCn1cncc1CS(=O)c1ccc(N=C=O)cc1. The third kappa shape index (κ3) is 3.50. The summed E-state index contributed by atoms with van der Waals surface area (Å²) in [6.45, 7) is 2.96. The third-order valence-electron chi connectivity index (χ3n) is 2.82. The van der Waals surface area contributed by atoms with Crippen molar-refractivity contribution in [3.05, 3.63) is 42.5 Å². The van der Waals surface area contributed by atoms with Gasteiger partial charge in [0.15, 0.2) is 0 Å². The second-order valence-corrected chi connectivity index (χ2v) is 5.72. The zero-order valence-electron chi connectivity index (χ0n) is 11.2.